The lowest BCUT2D eigenvalue weighted by atomic mass is 10.1. The first kappa shape index (κ1) is 22.7. The van der Waals surface area contributed by atoms with Gasteiger partial charge >= 0.3 is 0 Å². The average molecular weight is 482 g/mol. The number of amides is 3. The lowest BCUT2D eigenvalue weighted by Crippen LogP contribution is -2.36. The maximum atomic E-state index is 13.0. The molecule has 1 fully saturated rings. The summed E-state index contributed by atoms with van der Waals surface area (Å²) in [5, 5.41) is 3.29. The quantitative estimate of drug-likeness (QED) is 0.360. The van der Waals surface area contributed by atoms with Gasteiger partial charge < -0.3 is 9.88 Å². The number of fused-ring (bicyclic) bond motifs is 1. The second-order valence-electron chi connectivity index (χ2n) is 8.40. The largest absolute Gasteiger partial charge is 0.342 e. The number of hydrogen-bond acceptors (Lipinski definition) is 4. The lowest BCUT2D eigenvalue weighted by Gasteiger charge is -2.12. The third-order valence-electron chi connectivity index (χ3n) is 5.78. The number of benzene rings is 3. The first-order valence-corrected chi connectivity index (χ1v) is 12.0. The molecule has 1 aliphatic rings. The number of para-hydroxylation sites is 1. The van der Waals surface area contributed by atoms with Gasteiger partial charge in [-0.3, -0.25) is 19.3 Å². The number of aryl methyl sites for hydroxylation is 1. The van der Waals surface area contributed by atoms with Crippen LogP contribution in [0.15, 0.2) is 90.0 Å². The number of thioether (sulfide) groups is 1. The molecule has 0 aliphatic carbocycles. The number of anilines is 1. The molecular formula is C28H23N3O3S. The molecule has 0 atom stereocenters. The van der Waals surface area contributed by atoms with E-state index in [2.05, 4.69) is 22.0 Å². The number of imide groups is 1. The summed E-state index contributed by atoms with van der Waals surface area (Å²) >= 11 is 0.858. The van der Waals surface area contributed by atoms with E-state index < -0.39 is 17.1 Å². The Kier molecular flexibility index (Phi) is 6.25. The van der Waals surface area contributed by atoms with Gasteiger partial charge in [0.1, 0.15) is 6.54 Å². The Balaban J connectivity index is 1.37. The van der Waals surface area contributed by atoms with Crippen molar-refractivity contribution in [2.75, 3.05) is 11.9 Å². The minimum Gasteiger partial charge on any atom is -0.342 e. The molecule has 1 N–H and O–H groups in total. The third kappa shape index (κ3) is 4.90. The first-order valence-electron chi connectivity index (χ1n) is 11.2. The van der Waals surface area contributed by atoms with Crippen molar-refractivity contribution in [1.82, 2.24) is 9.47 Å². The molecule has 4 aromatic rings. The smallest absolute Gasteiger partial charge is 0.294 e. The molecule has 2 heterocycles. The topological polar surface area (TPSA) is 71.4 Å². The summed E-state index contributed by atoms with van der Waals surface area (Å²) in [4.78, 5) is 39.4. The number of nitrogens with zero attached hydrogens (tertiary/aromatic N) is 2. The molecule has 0 unspecified atom stereocenters. The Bertz CT molecular complexity index is 1470. The SMILES string of the molecule is Cc1cccc(NC(=O)CN2C(=O)S/C(=C\c3cn(Cc4ccccc4)c4ccccc34)C2=O)c1. The van der Waals surface area contributed by atoms with Crippen LogP contribution in [0.3, 0.4) is 0 Å². The van der Waals surface area contributed by atoms with Crippen molar-refractivity contribution >= 4 is 51.5 Å². The molecule has 0 spiro atoms. The molecule has 0 saturated carbocycles. The van der Waals surface area contributed by atoms with Crippen molar-refractivity contribution in [1.29, 1.82) is 0 Å². The molecule has 5 rings (SSSR count). The Morgan fingerprint density at radius 1 is 0.971 bits per heavy atom. The summed E-state index contributed by atoms with van der Waals surface area (Å²) < 4.78 is 2.13. The molecule has 6 nitrogen and oxygen atoms in total. The van der Waals surface area contributed by atoms with Crippen LogP contribution >= 0.6 is 11.8 Å². The van der Waals surface area contributed by atoms with Crippen LogP contribution in [0, 0.1) is 6.92 Å². The van der Waals surface area contributed by atoms with E-state index in [1.165, 1.54) is 5.56 Å². The minimum absolute atomic E-state index is 0.306. The molecule has 0 radical (unpaired) electrons. The lowest BCUT2D eigenvalue weighted by molar-refractivity contribution is -0.127. The van der Waals surface area contributed by atoms with E-state index in [-0.39, 0.29) is 6.54 Å². The average Bonchev–Trinajstić information content (AvgIpc) is 3.32. The zero-order chi connectivity index (χ0) is 24.4. The molecule has 35 heavy (non-hydrogen) atoms. The van der Waals surface area contributed by atoms with Gasteiger partial charge in [-0.15, -0.1) is 0 Å². The fourth-order valence-corrected chi connectivity index (χ4v) is 4.97. The predicted octanol–water partition coefficient (Wildman–Crippen LogP) is 5.67. The van der Waals surface area contributed by atoms with Gasteiger partial charge in [-0.1, -0.05) is 60.7 Å². The molecule has 3 amide bonds. The van der Waals surface area contributed by atoms with Gasteiger partial charge in [0.15, 0.2) is 0 Å². The van der Waals surface area contributed by atoms with E-state index in [1.807, 2.05) is 73.8 Å². The van der Waals surface area contributed by atoms with Crippen LogP contribution in [0.25, 0.3) is 17.0 Å². The summed E-state index contributed by atoms with van der Waals surface area (Å²) in [7, 11) is 0. The van der Waals surface area contributed by atoms with Crippen molar-refractivity contribution in [3.8, 4) is 0 Å². The highest BCUT2D eigenvalue weighted by molar-refractivity contribution is 8.18. The van der Waals surface area contributed by atoms with E-state index in [4.69, 9.17) is 0 Å². The Morgan fingerprint density at radius 3 is 2.54 bits per heavy atom. The molecule has 1 saturated heterocycles. The van der Waals surface area contributed by atoms with Crippen molar-refractivity contribution in [2.45, 2.75) is 13.5 Å². The zero-order valence-electron chi connectivity index (χ0n) is 19.1. The van der Waals surface area contributed by atoms with Gasteiger partial charge in [-0.25, -0.2) is 0 Å². The molecule has 174 valence electrons. The van der Waals surface area contributed by atoms with E-state index in [0.717, 1.165) is 38.7 Å². The summed E-state index contributed by atoms with van der Waals surface area (Å²) in [5.74, 6) is -0.877. The summed E-state index contributed by atoms with van der Waals surface area (Å²) in [5.41, 5.74) is 4.69. The van der Waals surface area contributed by atoms with Crippen LogP contribution in [-0.4, -0.2) is 33.1 Å². The highest BCUT2D eigenvalue weighted by Gasteiger charge is 2.36. The minimum atomic E-state index is -0.459. The number of aromatic nitrogens is 1. The number of nitrogens with one attached hydrogen (secondary N) is 1. The van der Waals surface area contributed by atoms with Crippen LogP contribution in [0.1, 0.15) is 16.7 Å². The van der Waals surface area contributed by atoms with Crippen LogP contribution in [0.5, 0.6) is 0 Å². The molecule has 0 bridgehead atoms. The van der Waals surface area contributed by atoms with Crippen molar-refractivity contribution in [2.24, 2.45) is 0 Å². The second-order valence-corrected chi connectivity index (χ2v) is 9.39. The number of carbonyl (C=O) groups excluding carboxylic acids is 3. The number of rotatable bonds is 6. The highest BCUT2D eigenvalue weighted by atomic mass is 32.2. The van der Waals surface area contributed by atoms with Gasteiger partial charge in [-0.05, 0) is 54.1 Å². The Hall–Kier alpha value is -4.10. The highest BCUT2D eigenvalue weighted by Crippen LogP contribution is 2.34. The molecule has 7 heteroatoms. The van der Waals surface area contributed by atoms with Gasteiger partial charge in [0, 0.05) is 34.9 Å². The normalized spacial score (nSPS) is 14.8. The molecule has 1 aliphatic heterocycles. The molecule has 3 aromatic carbocycles. The van der Waals surface area contributed by atoms with Crippen molar-refractivity contribution in [3.63, 3.8) is 0 Å². The van der Waals surface area contributed by atoms with Gasteiger partial charge in [0.25, 0.3) is 11.1 Å². The maximum absolute atomic E-state index is 13.0. The maximum Gasteiger partial charge on any atom is 0.294 e. The van der Waals surface area contributed by atoms with Crippen LogP contribution in [0.4, 0.5) is 10.5 Å². The summed E-state index contributed by atoms with van der Waals surface area (Å²) in [6.45, 7) is 2.29. The van der Waals surface area contributed by atoms with Crippen LogP contribution < -0.4 is 5.32 Å². The van der Waals surface area contributed by atoms with Gasteiger partial charge in [-0.2, -0.15) is 0 Å². The monoisotopic (exact) mass is 481 g/mol. The molecular weight excluding hydrogens is 458 g/mol. The van der Waals surface area contributed by atoms with Crippen molar-refractivity contribution < 1.29 is 14.4 Å². The Morgan fingerprint density at radius 2 is 1.74 bits per heavy atom. The first-order chi connectivity index (χ1) is 17.0. The number of hydrogen-bond donors (Lipinski definition) is 1. The second kappa shape index (κ2) is 9.64. The summed E-state index contributed by atoms with van der Waals surface area (Å²) in [6, 6.07) is 25.5. The third-order valence-corrected chi connectivity index (χ3v) is 6.69. The fraction of sp³-hybridized carbons (Fsp3) is 0.107. The van der Waals surface area contributed by atoms with E-state index >= 15 is 0 Å². The summed E-state index contributed by atoms with van der Waals surface area (Å²) in [6.07, 6.45) is 3.74. The van der Waals surface area contributed by atoms with Gasteiger partial charge in [0.2, 0.25) is 5.91 Å². The van der Waals surface area contributed by atoms with E-state index in [0.29, 0.717) is 17.1 Å². The fourth-order valence-electron chi connectivity index (χ4n) is 4.15. The van der Waals surface area contributed by atoms with Crippen LogP contribution in [-0.2, 0) is 16.1 Å². The van der Waals surface area contributed by atoms with E-state index in [9.17, 15) is 14.4 Å². The number of carbonyl (C=O) groups is 3. The van der Waals surface area contributed by atoms with Gasteiger partial charge in [0.05, 0.1) is 4.91 Å². The molecule has 1 aromatic heterocycles. The predicted molar refractivity (Wildman–Crippen MR) is 140 cm³/mol. The van der Waals surface area contributed by atoms with Crippen molar-refractivity contribution in [3.05, 3.63) is 107 Å². The van der Waals surface area contributed by atoms with Crippen LogP contribution in [0.2, 0.25) is 0 Å². The Labute approximate surface area is 207 Å². The van der Waals surface area contributed by atoms with E-state index in [1.54, 1.807) is 12.1 Å². The zero-order valence-corrected chi connectivity index (χ0v) is 19.9. The standard InChI is InChI=1S/C28H23N3O3S/c1-19-8-7-11-22(14-19)29-26(32)18-31-27(33)25(35-28(31)34)15-21-17-30(16-20-9-3-2-4-10-20)24-13-6-5-12-23(21)24/h2-15,17H,16,18H2,1H3,(H,29,32)/b25-15-.